The van der Waals surface area contributed by atoms with Crippen LogP contribution in [-0.4, -0.2) is 21.0 Å². The van der Waals surface area contributed by atoms with E-state index < -0.39 is 6.10 Å². The van der Waals surface area contributed by atoms with Gasteiger partial charge in [-0.2, -0.15) is 5.10 Å². The van der Waals surface area contributed by atoms with Gasteiger partial charge in [0, 0.05) is 13.5 Å². The number of aryl methyl sites for hydroxylation is 3. The molecular weight excluding hydrogens is 316 g/mol. The van der Waals surface area contributed by atoms with Crippen molar-refractivity contribution in [3.8, 4) is 0 Å². The second-order valence-electron chi connectivity index (χ2n) is 5.17. The smallest absolute Gasteiger partial charge is 0.0766 e. The van der Waals surface area contributed by atoms with Gasteiger partial charge in [-0.15, -0.1) is 0 Å². The lowest BCUT2D eigenvalue weighted by Gasteiger charge is -2.13. The van der Waals surface area contributed by atoms with Crippen LogP contribution >= 0.6 is 15.9 Å². The fraction of sp³-hybridized carbons (Fsp3) is 0.438. The zero-order chi connectivity index (χ0) is 14.7. The van der Waals surface area contributed by atoms with Crippen molar-refractivity contribution in [3.05, 3.63) is 51.3 Å². The van der Waals surface area contributed by atoms with Crippen LogP contribution in [0.5, 0.6) is 0 Å². The zero-order valence-electron chi connectivity index (χ0n) is 12.2. The lowest BCUT2D eigenvalue weighted by molar-refractivity contribution is 0.172. The van der Waals surface area contributed by atoms with Crippen molar-refractivity contribution in [1.29, 1.82) is 0 Å². The number of halogens is 1. The number of rotatable bonds is 5. The fourth-order valence-electron chi connectivity index (χ4n) is 2.43. The Hall–Kier alpha value is -1.13. The van der Waals surface area contributed by atoms with E-state index in [-0.39, 0.29) is 0 Å². The summed E-state index contributed by atoms with van der Waals surface area (Å²) in [6.07, 6.45) is 1.78. The quantitative estimate of drug-likeness (QED) is 0.910. The number of hydrogen-bond acceptors (Lipinski definition) is 2. The van der Waals surface area contributed by atoms with Crippen LogP contribution in [0.25, 0.3) is 0 Å². The topological polar surface area (TPSA) is 38.0 Å². The monoisotopic (exact) mass is 336 g/mol. The molecule has 1 N–H and O–H groups in total. The Morgan fingerprint density at radius 1 is 1.30 bits per heavy atom. The minimum absolute atomic E-state index is 0.396. The molecule has 1 heterocycles. The van der Waals surface area contributed by atoms with Crippen LogP contribution in [0.2, 0.25) is 0 Å². The molecule has 0 aliphatic carbocycles. The molecule has 1 aromatic carbocycles. The molecule has 20 heavy (non-hydrogen) atoms. The lowest BCUT2D eigenvalue weighted by atomic mass is 10.00. The number of benzene rings is 1. The standard InChI is InChI=1S/C16H21BrN2O/c1-4-14-16(17)15(19(3)18-14)10-13(20)9-12-8-6-5-7-11(12)2/h5-8,13,20H,4,9-10H2,1-3H3. The minimum Gasteiger partial charge on any atom is -0.392 e. The van der Waals surface area contributed by atoms with E-state index in [1.807, 2.05) is 23.9 Å². The molecule has 0 spiro atoms. The maximum absolute atomic E-state index is 10.3. The number of aliphatic hydroxyl groups is 1. The summed E-state index contributed by atoms with van der Waals surface area (Å²) in [7, 11) is 1.93. The predicted octanol–water partition coefficient (Wildman–Crippen LogP) is 3.20. The summed E-state index contributed by atoms with van der Waals surface area (Å²) < 4.78 is 2.90. The SMILES string of the molecule is CCc1nn(C)c(CC(O)Cc2ccccc2C)c1Br. The molecule has 2 rings (SSSR count). The van der Waals surface area contributed by atoms with Gasteiger partial charge >= 0.3 is 0 Å². The third-order valence-electron chi connectivity index (χ3n) is 3.65. The van der Waals surface area contributed by atoms with Gasteiger partial charge < -0.3 is 5.11 Å². The highest BCUT2D eigenvalue weighted by Gasteiger charge is 2.17. The van der Waals surface area contributed by atoms with Gasteiger partial charge in [0.05, 0.1) is 22.0 Å². The molecule has 0 saturated carbocycles. The first-order chi connectivity index (χ1) is 9.52. The van der Waals surface area contributed by atoms with Crippen LogP contribution in [0.1, 0.15) is 29.4 Å². The van der Waals surface area contributed by atoms with E-state index in [0.29, 0.717) is 12.8 Å². The fourth-order valence-corrected chi connectivity index (χ4v) is 3.21. The lowest BCUT2D eigenvalue weighted by Crippen LogP contribution is -2.17. The Bertz CT molecular complexity index is 592. The van der Waals surface area contributed by atoms with E-state index in [9.17, 15) is 5.11 Å². The van der Waals surface area contributed by atoms with E-state index >= 15 is 0 Å². The van der Waals surface area contributed by atoms with Gasteiger partial charge in [-0.3, -0.25) is 4.68 Å². The maximum atomic E-state index is 10.3. The van der Waals surface area contributed by atoms with Crippen molar-refractivity contribution in [2.45, 2.75) is 39.2 Å². The molecule has 108 valence electrons. The number of aliphatic hydroxyl groups excluding tert-OH is 1. The molecule has 0 radical (unpaired) electrons. The predicted molar refractivity (Wildman–Crippen MR) is 84.9 cm³/mol. The van der Waals surface area contributed by atoms with E-state index in [2.05, 4.69) is 47.0 Å². The van der Waals surface area contributed by atoms with Gasteiger partial charge in [-0.1, -0.05) is 31.2 Å². The maximum Gasteiger partial charge on any atom is 0.0766 e. The van der Waals surface area contributed by atoms with E-state index in [4.69, 9.17) is 0 Å². The molecule has 0 amide bonds. The Morgan fingerprint density at radius 2 is 2.00 bits per heavy atom. The first-order valence-electron chi connectivity index (χ1n) is 6.95. The van der Waals surface area contributed by atoms with Gasteiger partial charge in [0.15, 0.2) is 0 Å². The molecule has 1 unspecified atom stereocenters. The van der Waals surface area contributed by atoms with Crippen LogP contribution in [0.3, 0.4) is 0 Å². The van der Waals surface area contributed by atoms with Gasteiger partial charge in [0.25, 0.3) is 0 Å². The van der Waals surface area contributed by atoms with Crippen LogP contribution in [-0.2, 0) is 26.3 Å². The summed E-state index contributed by atoms with van der Waals surface area (Å²) in [4.78, 5) is 0. The Morgan fingerprint density at radius 3 is 2.60 bits per heavy atom. The molecule has 1 aromatic heterocycles. The summed E-state index contributed by atoms with van der Waals surface area (Å²) in [6, 6.07) is 8.20. The molecule has 0 saturated heterocycles. The average Bonchev–Trinajstić information content (AvgIpc) is 2.69. The highest BCUT2D eigenvalue weighted by molar-refractivity contribution is 9.10. The third kappa shape index (κ3) is 3.30. The number of hydrogen-bond donors (Lipinski definition) is 1. The van der Waals surface area contributed by atoms with Crippen molar-refractivity contribution in [2.24, 2.45) is 7.05 Å². The van der Waals surface area contributed by atoms with Crippen LogP contribution < -0.4 is 0 Å². The summed E-state index contributed by atoms with van der Waals surface area (Å²) >= 11 is 3.60. The third-order valence-corrected chi connectivity index (χ3v) is 4.56. The van der Waals surface area contributed by atoms with Crippen molar-refractivity contribution in [1.82, 2.24) is 9.78 Å². The summed E-state index contributed by atoms with van der Waals surface area (Å²) in [6.45, 7) is 4.16. The largest absolute Gasteiger partial charge is 0.392 e. The first kappa shape index (κ1) is 15.3. The van der Waals surface area contributed by atoms with E-state index in [1.54, 1.807) is 0 Å². The molecule has 0 aliphatic heterocycles. The van der Waals surface area contributed by atoms with Crippen molar-refractivity contribution < 1.29 is 5.11 Å². The zero-order valence-corrected chi connectivity index (χ0v) is 13.8. The highest BCUT2D eigenvalue weighted by atomic mass is 79.9. The first-order valence-corrected chi connectivity index (χ1v) is 7.75. The average molecular weight is 337 g/mol. The van der Waals surface area contributed by atoms with Gasteiger partial charge in [0.2, 0.25) is 0 Å². The van der Waals surface area contributed by atoms with Crippen LogP contribution in [0, 0.1) is 6.92 Å². The molecule has 2 aromatic rings. The minimum atomic E-state index is -0.396. The second kappa shape index (κ2) is 6.55. The molecule has 0 fully saturated rings. The number of nitrogens with zero attached hydrogens (tertiary/aromatic N) is 2. The van der Waals surface area contributed by atoms with Crippen LogP contribution in [0.15, 0.2) is 28.7 Å². The van der Waals surface area contributed by atoms with Crippen LogP contribution in [0.4, 0.5) is 0 Å². The van der Waals surface area contributed by atoms with E-state index in [0.717, 1.165) is 22.3 Å². The van der Waals surface area contributed by atoms with Crippen molar-refractivity contribution in [2.75, 3.05) is 0 Å². The highest BCUT2D eigenvalue weighted by Crippen LogP contribution is 2.23. The van der Waals surface area contributed by atoms with Crippen molar-refractivity contribution >= 4 is 15.9 Å². The molecule has 3 nitrogen and oxygen atoms in total. The summed E-state index contributed by atoms with van der Waals surface area (Å²) in [5.41, 5.74) is 4.53. The molecule has 1 atom stereocenters. The van der Waals surface area contributed by atoms with E-state index in [1.165, 1.54) is 11.1 Å². The number of aromatic nitrogens is 2. The summed E-state index contributed by atoms with van der Waals surface area (Å²) in [5.74, 6) is 0. The Labute approximate surface area is 128 Å². The van der Waals surface area contributed by atoms with Gasteiger partial charge in [0.1, 0.15) is 0 Å². The normalized spacial score (nSPS) is 12.7. The van der Waals surface area contributed by atoms with Gasteiger partial charge in [-0.05, 0) is 46.8 Å². The molecule has 4 heteroatoms. The molecular formula is C16H21BrN2O. The Balaban J connectivity index is 2.11. The van der Waals surface area contributed by atoms with Crippen molar-refractivity contribution in [3.63, 3.8) is 0 Å². The molecule has 0 bridgehead atoms. The molecule has 0 aliphatic rings. The Kier molecular flexibility index (Phi) is 5.00. The summed E-state index contributed by atoms with van der Waals surface area (Å²) in [5, 5.41) is 14.8. The van der Waals surface area contributed by atoms with Gasteiger partial charge in [-0.25, -0.2) is 0 Å². The second-order valence-corrected chi connectivity index (χ2v) is 5.97.